The number of anilines is 1. The normalized spacial score (nSPS) is 10.1. The second-order valence-corrected chi connectivity index (χ2v) is 5.03. The van der Waals surface area contributed by atoms with Crippen LogP contribution in [0.4, 0.5) is 5.69 Å². The number of carbonyl (C=O) groups is 1. The van der Waals surface area contributed by atoms with Crippen molar-refractivity contribution in [2.45, 2.75) is 6.42 Å². The van der Waals surface area contributed by atoms with Crippen molar-refractivity contribution in [2.75, 3.05) is 18.9 Å². The van der Waals surface area contributed by atoms with Gasteiger partial charge in [0.2, 0.25) is 0 Å². The molecule has 0 unspecified atom stereocenters. The number of carbonyl (C=O) groups excluding carboxylic acids is 1. The first-order valence-electron chi connectivity index (χ1n) is 6.63. The number of benzene rings is 2. The molecule has 21 heavy (non-hydrogen) atoms. The van der Waals surface area contributed by atoms with Gasteiger partial charge in [-0.1, -0.05) is 29.8 Å². The van der Waals surface area contributed by atoms with Gasteiger partial charge in [-0.05, 0) is 36.2 Å². The van der Waals surface area contributed by atoms with Crippen LogP contribution in [0.5, 0.6) is 5.75 Å². The molecule has 0 spiro atoms. The predicted octanol–water partition coefficient (Wildman–Crippen LogP) is 2.66. The van der Waals surface area contributed by atoms with Gasteiger partial charge in [0.1, 0.15) is 5.75 Å². The van der Waals surface area contributed by atoms with Crippen LogP contribution in [0.2, 0.25) is 5.02 Å². The average molecular weight is 305 g/mol. The summed E-state index contributed by atoms with van der Waals surface area (Å²) in [6.07, 6.45) is 0.727. The van der Waals surface area contributed by atoms with Crippen molar-refractivity contribution in [3.8, 4) is 5.75 Å². The second kappa shape index (κ2) is 7.55. The number of ether oxygens (including phenoxy) is 1. The fourth-order valence-corrected chi connectivity index (χ4v) is 2.06. The Morgan fingerprint density at radius 1 is 1.19 bits per heavy atom. The highest BCUT2D eigenvalue weighted by Gasteiger charge is 2.03. The van der Waals surface area contributed by atoms with Crippen molar-refractivity contribution in [3.05, 3.63) is 59.1 Å². The molecule has 1 amide bonds. The SMILES string of the molecule is Nc1cccc(OCC(=O)NCCc2cccc(Cl)c2)c1. The van der Waals surface area contributed by atoms with Crippen molar-refractivity contribution >= 4 is 23.2 Å². The topological polar surface area (TPSA) is 64.3 Å². The Balaban J connectivity index is 1.70. The van der Waals surface area contributed by atoms with E-state index in [1.165, 1.54) is 0 Å². The lowest BCUT2D eigenvalue weighted by Gasteiger charge is -2.08. The lowest BCUT2D eigenvalue weighted by Crippen LogP contribution is -2.30. The second-order valence-electron chi connectivity index (χ2n) is 4.59. The molecule has 0 aromatic heterocycles. The van der Waals surface area contributed by atoms with E-state index in [-0.39, 0.29) is 12.5 Å². The molecule has 0 aliphatic rings. The van der Waals surface area contributed by atoms with Crippen LogP contribution in [-0.2, 0) is 11.2 Å². The molecule has 2 rings (SSSR count). The van der Waals surface area contributed by atoms with E-state index < -0.39 is 0 Å². The van der Waals surface area contributed by atoms with Crippen LogP contribution < -0.4 is 15.8 Å². The quantitative estimate of drug-likeness (QED) is 0.806. The van der Waals surface area contributed by atoms with Gasteiger partial charge >= 0.3 is 0 Å². The van der Waals surface area contributed by atoms with E-state index in [1.54, 1.807) is 24.3 Å². The fraction of sp³-hybridized carbons (Fsp3) is 0.188. The Morgan fingerprint density at radius 2 is 2.00 bits per heavy atom. The molecule has 4 nitrogen and oxygen atoms in total. The van der Waals surface area contributed by atoms with Crippen molar-refractivity contribution in [1.82, 2.24) is 5.32 Å². The van der Waals surface area contributed by atoms with Crippen LogP contribution in [0.1, 0.15) is 5.56 Å². The summed E-state index contributed by atoms with van der Waals surface area (Å²) >= 11 is 5.90. The van der Waals surface area contributed by atoms with Crippen molar-refractivity contribution < 1.29 is 9.53 Å². The van der Waals surface area contributed by atoms with E-state index in [4.69, 9.17) is 22.1 Å². The van der Waals surface area contributed by atoms with Crippen LogP contribution in [0.25, 0.3) is 0 Å². The van der Waals surface area contributed by atoms with Gasteiger partial charge in [-0.2, -0.15) is 0 Å². The highest BCUT2D eigenvalue weighted by molar-refractivity contribution is 6.30. The van der Waals surface area contributed by atoms with Gasteiger partial charge in [0.05, 0.1) is 0 Å². The molecule has 0 fully saturated rings. The number of hydrogen-bond acceptors (Lipinski definition) is 3. The third-order valence-corrected chi connectivity index (χ3v) is 3.09. The standard InChI is InChI=1S/C16H17ClN2O2/c17-13-4-1-3-12(9-13)7-8-19-16(20)11-21-15-6-2-5-14(18)10-15/h1-6,9-10H,7-8,11,18H2,(H,19,20). The molecule has 2 aromatic carbocycles. The Hall–Kier alpha value is -2.20. The van der Waals surface area contributed by atoms with E-state index in [2.05, 4.69) is 5.32 Å². The van der Waals surface area contributed by atoms with Crippen LogP contribution in [0.3, 0.4) is 0 Å². The number of nitrogens with one attached hydrogen (secondary N) is 1. The molecular weight excluding hydrogens is 288 g/mol. The number of halogens is 1. The predicted molar refractivity (Wildman–Crippen MR) is 84.5 cm³/mol. The Kier molecular flexibility index (Phi) is 5.46. The van der Waals surface area contributed by atoms with E-state index in [0.29, 0.717) is 23.0 Å². The molecule has 0 atom stereocenters. The van der Waals surface area contributed by atoms with Crippen molar-refractivity contribution in [3.63, 3.8) is 0 Å². The fourth-order valence-electron chi connectivity index (χ4n) is 1.84. The lowest BCUT2D eigenvalue weighted by atomic mass is 10.1. The van der Waals surface area contributed by atoms with Gasteiger partial charge in [-0.25, -0.2) is 0 Å². The van der Waals surface area contributed by atoms with Crippen LogP contribution in [0.15, 0.2) is 48.5 Å². The smallest absolute Gasteiger partial charge is 0.257 e. The monoisotopic (exact) mass is 304 g/mol. The summed E-state index contributed by atoms with van der Waals surface area (Å²) in [5.74, 6) is 0.416. The maximum Gasteiger partial charge on any atom is 0.257 e. The Bertz CT molecular complexity index is 617. The summed E-state index contributed by atoms with van der Waals surface area (Å²) in [5.41, 5.74) is 7.32. The third kappa shape index (κ3) is 5.36. The highest BCUT2D eigenvalue weighted by atomic mass is 35.5. The molecule has 110 valence electrons. The molecule has 0 saturated heterocycles. The molecule has 2 aromatic rings. The Labute approximate surface area is 128 Å². The minimum atomic E-state index is -0.167. The Morgan fingerprint density at radius 3 is 2.76 bits per heavy atom. The molecule has 0 bridgehead atoms. The number of nitrogen functional groups attached to an aromatic ring is 1. The first-order chi connectivity index (χ1) is 10.1. The number of amides is 1. The van der Waals surface area contributed by atoms with Gasteiger partial charge in [0.15, 0.2) is 6.61 Å². The molecule has 3 N–H and O–H groups in total. The molecule has 0 aliphatic carbocycles. The summed E-state index contributed by atoms with van der Waals surface area (Å²) in [4.78, 5) is 11.7. The lowest BCUT2D eigenvalue weighted by molar-refractivity contribution is -0.123. The van der Waals surface area contributed by atoms with Crippen molar-refractivity contribution in [2.24, 2.45) is 0 Å². The minimum absolute atomic E-state index is 0.0288. The van der Waals surface area contributed by atoms with Crippen LogP contribution >= 0.6 is 11.6 Å². The molecular formula is C16H17ClN2O2. The van der Waals surface area contributed by atoms with E-state index in [0.717, 1.165) is 12.0 Å². The summed E-state index contributed by atoms with van der Waals surface area (Å²) < 4.78 is 5.36. The first-order valence-corrected chi connectivity index (χ1v) is 7.01. The zero-order valence-corrected chi connectivity index (χ0v) is 12.3. The van der Waals surface area contributed by atoms with Crippen LogP contribution in [0, 0.1) is 0 Å². The molecule has 0 radical (unpaired) electrons. The van der Waals surface area contributed by atoms with Crippen LogP contribution in [-0.4, -0.2) is 19.1 Å². The molecule has 0 heterocycles. The van der Waals surface area contributed by atoms with E-state index in [1.807, 2.05) is 24.3 Å². The van der Waals surface area contributed by atoms with Gasteiger partial charge in [0, 0.05) is 23.3 Å². The summed E-state index contributed by atoms with van der Waals surface area (Å²) in [5, 5.41) is 3.50. The number of hydrogen-bond donors (Lipinski definition) is 2. The average Bonchev–Trinajstić information content (AvgIpc) is 2.45. The molecule has 5 heteroatoms. The van der Waals surface area contributed by atoms with Gasteiger partial charge in [-0.3, -0.25) is 4.79 Å². The van der Waals surface area contributed by atoms with E-state index in [9.17, 15) is 4.79 Å². The summed E-state index contributed by atoms with van der Waals surface area (Å²) in [6, 6.07) is 14.6. The highest BCUT2D eigenvalue weighted by Crippen LogP contribution is 2.14. The largest absolute Gasteiger partial charge is 0.484 e. The van der Waals surface area contributed by atoms with Gasteiger partial charge in [-0.15, -0.1) is 0 Å². The summed E-state index contributed by atoms with van der Waals surface area (Å²) in [6.45, 7) is 0.512. The summed E-state index contributed by atoms with van der Waals surface area (Å²) in [7, 11) is 0. The first kappa shape index (κ1) is 15.2. The van der Waals surface area contributed by atoms with Crippen molar-refractivity contribution in [1.29, 1.82) is 0 Å². The zero-order valence-electron chi connectivity index (χ0n) is 11.5. The molecule has 0 saturated carbocycles. The minimum Gasteiger partial charge on any atom is -0.484 e. The maximum atomic E-state index is 11.7. The van der Waals surface area contributed by atoms with E-state index >= 15 is 0 Å². The van der Waals surface area contributed by atoms with Gasteiger partial charge < -0.3 is 15.8 Å². The zero-order chi connectivity index (χ0) is 15.1. The third-order valence-electron chi connectivity index (χ3n) is 2.85. The number of rotatable bonds is 6. The number of nitrogens with two attached hydrogens (primary N) is 1. The maximum absolute atomic E-state index is 11.7. The molecule has 0 aliphatic heterocycles. The van der Waals surface area contributed by atoms with Gasteiger partial charge in [0.25, 0.3) is 5.91 Å².